The van der Waals surface area contributed by atoms with Gasteiger partial charge in [0.05, 0.1) is 5.92 Å². The van der Waals surface area contributed by atoms with E-state index in [-0.39, 0.29) is 11.8 Å². The molecule has 0 saturated carbocycles. The molecule has 0 fully saturated rings. The van der Waals surface area contributed by atoms with Crippen LogP contribution in [0.5, 0.6) is 0 Å². The minimum Gasteiger partial charge on any atom is -0.325 e. The van der Waals surface area contributed by atoms with Crippen LogP contribution in [0.25, 0.3) is 0 Å². The SMILES string of the molecule is Cc1cc(C)c(CC2C(=O)Nc3ccccc32)c(C)c1. The number of rotatable bonds is 2. The van der Waals surface area contributed by atoms with Gasteiger partial charge in [-0.2, -0.15) is 0 Å². The minimum absolute atomic E-state index is 0.0636. The highest BCUT2D eigenvalue weighted by atomic mass is 16.2. The van der Waals surface area contributed by atoms with E-state index < -0.39 is 0 Å². The number of hydrogen-bond acceptors (Lipinski definition) is 1. The topological polar surface area (TPSA) is 29.1 Å². The van der Waals surface area contributed by atoms with E-state index in [2.05, 4.69) is 44.3 Å². The predicted octanol–water partition coefficient (Wildman–Crippen LogP) is 3.89. The average Bonchev–Trinajstić information content (AvgIpc) is 2.69. The number of hydrogen-bond donors (Lipinski definition) is 1. The fourth-order valence-electron chi connectivity index (χ4n) is 3.21. The molecule has 1 heterocycles. The lowest BCUT2D eigenvalue weighted by atomic mass is 9.88. The van der Waals surface area contributed by atoms with Crippen molar-refractivity contribution in [3.8, 4) is 0 Å². The van der Waals surface area contributed by atoms with Gasteiger partial charge in [-0.3, -0.25) is 4.79 Å². The summed E-state index contributed by atoms with van der Waals surface area (Å²) in [7, 11) is 0. The molecule has 0 radical (unpaired) electrons. The summed E-state index contributed by atoms with van der Waals surface area (Å²) in [5.74, 6) is 0.0527. The highest BCUT2D eigenvalue weighted by molar-refractivity contribution is 6.03. The molecule has 0 spiro atoms. The molecule has 1 amide bonds. The summed E-state index contributed by atoms with van der Waals surface area (Å²) in [5.41, 5.74) is 7.22. The lowest BCUT2D eigenvalue weighted by molar-refractivity contribution is -0.117. The Hall–Kier alpha value is -2.09. The highest BCUT2D eigenvalue weighted by Gasteiger charge is 2.30. The fourth-order valence-corrected chi connectivity index (χ4v) is 3.21. The van der Waals surface area contributed by atoms with Gasteiger partial charge >= 0.3 is 0 Å². The standard InChI is InChI=1S/C18H19NO/c1-11-8-12(2)15(13(3)9-11)10-16-14-6-4-5-7-17(14)19-18(16)20/h4-9,16H,10H2,1-3H3,(H,19,20). The number of para-hydroxylation sites is 1. The second-order valence-electron chi connectivity index (χ2n) is 5.71. The summed E-state index contributed by atoms with van der Waals surface area (Å²) in [6.45, 7) is 6.38. The normalized spacial score (nSPS) is 16.9. The van der Waals surface area contributed by atoms with Gasteiger partial charge in [-0.15, -0.1) is 0 Å². The van der Waals surface area contributed by atoms with E-state index in [1.807, 2.05) is 18.2 Å². The summed E-state index contributed by atoms with van der Waals surface area (Å²) in [4.78, 5) is 12.2. The first-order valence-electron chi connectivity index (χ1n) is 7.03. The van der Waals surface area contributed by atoms with Crippen LogP contribution in [0.3, 0.4) is 0 Å². The largest absolute Gasteiger partial charge is 0.325 e. The van der Waals surface area contributed by atoms with E-state index in [1.54, 1.807) is 0 Å². The van der Waals surface area contributed by atoms with E-state index in [0.29, 0.717) is 0 Å². The van der Waals surface area contributed by atoms with Gasteiger partial charge in [-0.25, -0.2) is 0 Å². The molecule has 0 aromatic heterocycles. The summed E-state index contributed by atoms with van der Waals surface area (Å²) < 4.78 is 0. The van der Waals surface area contributed by atoms with Crippen LogP contribution in [-0.4, -0.2) is 5.91 Å². The van der Waals surface area contributed by atoms with Crippen LogP contribution in [0.15, 0.2) is 36.4 Å². The average molecular weight is 265 g/mol. The Morgan fingerprint density at radius 3 is 2.40 bits per heavy atom. The Bertz CT molecular complexity index is 665. The zero-order valence-electron chi connectivity index (χ0n) is 12.2. The first-order valence-corrected chi connectivity index (χ1v) is 7.03. The number of amides is 1. The first-order chi connectivity index (χ1) is 9.56. The minimum atomic E-state index is -0.0636. The van der Waals surface area contributed by atoms with Gasteiger partial charge in [-0.05, 0) is 55.5 Å². The van der Waals surface area contributed by atoms with Crippen molar-refractivity contribution < 1.29 is 4.79 Å². The van der Waals surface area contributed by atoms with E-state index in [0.717, 1.165) is 17.7 Å². The van der Waals surface area contributed by atoms with Crippen molar-refractivity contribution in [3.05, 3.63) is 64.2 Å². The molecule has 20 heavy (non-hydrogen) atoms. The third kappa shape index (κ3) is 2.11. The Labute approximate surface area is 119 Å². The molecule has 1 unspecified atom stereocenters. The Morgan fingerprint density at radius 1 is 1.05 bits per heavy atom. The maximum absolute atomic E-state index is 12.2. The molecule has 2 nitrogen and oxygen atoms in total. The second kappa shape index (κ2) is 4.78. The number of nitrogens with one attached hydrogen (secondary N) is 1. The van der Waals surface area contributed by atoms with E-state index in [1.165, 1.54) is 22.3 Å². The van der Waals surface area contributed by atoms with Crippen LogP contribution < -0.4 is 5.32 Å². The molecule has 2 aromatic carbocycles. The maximum atomic E-state index is 12.2. The third-order valence-corrected chi connectivity index (χ3v) is 4.16. The molecule has 2 heteroatoms. The maximum Gasteiger partial charge on any atom is 0.232 e. The quantitative estimate of drug-likeness (QED) is 0.877. The molecular weight excluding hydrogens is 246 g/mol. The van der Waals surface area contributed by atoms with Crippen LogP contribution in [-0.2, 0) is 11.2 Å². The summed E-state index contributed by atoms with van der Waals surface area (Å²) >= 11 is 0. The third-order valence-electron chi connectivity index (χ3n) is 4.16. The Balaban J connectivity index is 1.98. The lowest BCUT2D eigenvalue weighted by Crippen LogP contribution is -2.15. The van der Waals surface area contributed by atoms with Crippen molar-refractivity contribution in [2.24, 2.45) is 0 Å². The number of benzene rings is 2. The molecule has 1 atom stereocenters. The molecular formula is C18H19NO. The van der Waals surface area contributed by atoms with Crippen molar-refractivity contribution in [2.45, 2.75) is 33.1 Å². The fraction of sp³-hybridized carbons (Fsp3) is 0.278. The van der Waals surface area contributed by atoms with Crippen molar-refractivity contribution in [1.29, 1.82) is 0 Å². The number of carbonyl (C=O) groups excluding carboxylic acids is 1. The summed E-state index contributed by atoms with van der Waals surface area (Å²) in [6, 6.07) is 12.4. The zero-order valence-corrected chi connectivity index (χ0v) is 12.2. The molecule has 2 aromatic rings. The van der Waals surface area contributed by atoms with Crippen molar-refractivity contribution in [1.82, 2.24) is 0 Å². The predicted molar refractivity (Wildman–Crippen MR) is 82.2 cm³/mol. The number of aryl methyl sites for hydroxylation is 3. The molecule has 0 aliphatic carbocycles. The van der Waals surface area contributed by atoms with Crippen molar-refractivity contribution in [3.63, 3.8) is 0 Å². The summed E-state index contributed by atoms with van der Waals surface area (Å²) in [5, 5.41) is 2.98. The summed E-state index contributed by atoms with van der Waals surface area (Å²) in [6.07, 6.45) is 0.779. The van der Waals surface area contributed by atoms with Crippen LogP contribution in [0, 0.1) is 20.8 Å². The van der Waals surface area contributed by atoms with E-state index in [4.69, 9.17) is 0 Å². The van der Waals surface area contributed by atoms with E-state index >= 15 is 0 Å². The van der Waals surface area contributed by atoms with Crippen molar-refractivity contribution in [2.75, 3.05) is 5.32 Å². The molecule has 3 rings (SSSR count). The van der Waals surface area contributed by atoms with Gasteiger partial charge < -0.3 is 5.32 Å². The van der Waals surface area contributed by atoms with Crippen LogP contribution in [0.4, 0.5) is 5.69 Å². The molecule has 1 aliphatic rings. The highest BCUT2D eigenvalue weighted by Crippen LogP contribution is 2.35. The van der Waals surface area contributed by atoms with Gasteiger partial charge in [0.15, 0.2) is 0 Å². The van der Waals surface area contributed by atoms with Gasteiger partial charge in [0.1, 0.15) is 0 Å². The Morgan fingerprint density at radius 2 is 1.70 bits per heavy atom. The second-order valence-corrected chi connectivity index (χ2v) is 5.71. The molecule has 0 bridgehead atoms. The molecule has 1 N–H and O–H groups in total. The number of carbonyl (C=O) groups is 1. The zero-order chi connectivity index (χ0) is 14.3. The van der Waals surface area contributed by atoms with Gasteiger partial charge in [0, 0.05) is 5.69 Å². The number of anilines is 1. The van der Waals surface area contributed by atoms with Crippen LogP contribution in [0.2, 0.25) is 0 Å². The molecule has 1 aliphatic heterocycles. The Kier molecular flexibility index (Phi) is 3.09. The first kappa shape index (κ1) is 12.9. The van der Waals surface area contributed by atoms with Gasteiger partial charge in [0.25, 0.3) is 0 Å². The van der Waals surface area contributed by atoms with E-state index in [9.17, 15) is 4.79 Å². The van der Waals surface area contributed by atoms with Crippen molar-refractivity contribution >= 4 is 11.6 Å². The monoisotopic (exact) mass is 265 g/mol. The van der Waals surface area contributed by atoms with Gasteiger partial charge in [-0.1, -0.05) is 35.9 Å². The smallest absolute Gasteiger partial charge is 0.232 e. The number of fused-ring (bicyclic) bond motifs is 1. The van der Waals surface area contributed by atoms with Crippen LogP contribution >= 0.6 is 0 Å². The van der Waals surface area contributed by atoms with Gasteiger partial charge in [0.2, 0.25) is 5.91 Å². The van der Waals surface area contributed by atoms with Crippen LogP contribution in [0.1, 0.15) is 33.7 Å². The molecule has 102 valence electrons. The molecule has 0 saturated heterocycles. The lowest BCUT2D eigenvalue weighted by Gasteiger charge is -2.15.